The van der Waals surface area contributed by atoms with Crippen molar-refractivity contribution in [1.29, 1.82) is 0 Å². The fourth-order valence-corrected chi connectivity index (χ4v) is 4.46. The van der Waals surface area contributed by atoms with Crippen molar-refractivity contribution in [1.82, 2.24) is 9.62 Å². The van der Waals surface area contributed by atoms with Crippen molar-refractivity contribution >= 4 is 10.0 Å². The van der Waals surface area contributed by atoms with E-state index in [0.717, 1.165) is 45.2 Å². The molecule has 19 heavy (non-hydrogen) atoms. The molecule has 0 aromatic rings. The Hall–Kier alpha value is -0.130. The molecule has 0 amide bonds. The molecule has 4 nitrogen and oxygen atoms in total. The van der Waals surface area contributed by atoms with Crippen LogP contribution in [-0.4, -0.2) is 44.2 Å². The highest BCUT2D eigenvalue weighted by Crippen LogP contribution is 2.21. The van der Waals surface area contributed by atoms with E-state index >= 15 is 0 Å². The van der Waals surface area contributed by atoms with Gasteiger partial charge in [-0.15, -0.1) is 0 Å². The summed E-state index contributed by atoms with van der Waals surface area (Å²) in [5.41, 5.74) is 0. The van der Waals surface area contributed by atoms with Crippen LogP contribution in [0.2, 0.25) is 0 Å². The normalized spacial score (nSPS) is 22.0. The molecule has 1 unspecified atom stereocenters. The van der Waals surface area contributed by atoms with Gasteiger partial charge >= 0.3 is 0 Å². The molecule has 0 spiro atoms. The van der Waals surface area contributed by atoms with Crippen LogP contribution < -0.4 is 5.32 Å². The topological polar surface area (TPSA) is 49.4 Å². The van der Waals surface area contributed by atoms with Gasteiger partial charge in [0.15, 0.2) is 0 Å². The number of nitrogens with one attached hydrogen (secondary N) is 1. The Morgan fingerprint density at radius 2 is 2.05 bits per heavy atom. The van der Waals surface area contributed by atoms with Gasteiger partial charge in [-0.05, 0) is 31.7 Å². The van der Waals surface area contributed by atoms with Gasteiger partial charge in [-0.2, -0.15) is 4.31 Å². The monoisotopic (exact) mass is 290 g/mol. The minimum atomic E-state index is -3.05. The van der Waals surface area contributed by atoms with E-state index < -0.39 is 10.0 Å². The summed E-state index contributed by atoms with van der Waals surface area (Å²) in [6, 6.07) is 0.161. The van der Waals surface area contributed by atoms with Crippen molar-refractivity contribution in [3.63, 3.8) is 0 Å². The third-order valence-corrected chi connectivity index (χ3v) is 5.62. The van der Waals surface area contributed by atoms with Crippen LogP contribution in [0.25, 0.3) is 0 Å². The predicted octanol–water partition coefficient (Wildman–Crippen LogP) is 2.22. The molecule has 0 aromatic heterocycles. The number of sulfonamides is 1. The van der Waals surface area contributed by atoms with Crippen molar-refractivity contribution < 1.29 is 8.42 Å². The van der Waals surface area contributed by atoms with E-state index in [9.17, 15) is 8.42 Å². The Balaban J connectivity index is 2.56. The quantitative estimate of drug-likeness (QED) is 0.745. The average Bonchev–Trinajstić information content (AvgIpc) is 2.36. The van der Waals surface area contributed by atoms with Gasteiger partial charge in [0, 0.05) is 19.1 Å². The lowest BCUT2D eigenvalue weighted by Gasteiger charge is -2.35. The lowest BCUT2D eigenvalue weighted by molar-refractivity contribution is 0.243. The van der Waals surface area contributed by atoms with Crippen molar-refractivity contribution in [2.75, 3.05) is 25.4 Å². The summed E-state index contributed by atoms with van der Waals surface area (Å²) in [6.45, 7) is 8.84. The molecular formula is C14H30N2O2S. The van der Waals surface area contributed by atoms with Crippen LogP contribution in [0, 0.1) is 5.92 Å². The summed E-state index contributed by atoms with van der Waals surface area (Å²) in [5.74, 6) is 0.915. The maximum Gasteiger partial charge on any atom is 0.214 e. The van der Waals surface area contributed by atoms with Gasteiger partial charge in [0.1, 0.15) is 0 Å². The molecule has 114 valence electrons. The van der Waals surface area contributed by atoms with Gasteiger partial charge in [-0.25, -0.2) is 8.42 Å². The summed E-state index contributed by atoms with van der Waals surface area (Å²) in [4.78, 5) is 0. The fourth-order valence-electron chi connectivity index (χ4n) is 2.53. The lowest BCUT2D eigenvalue weighted by atomic mass is 10.0. The van der Waals surface area contributed by atoms with E-state index in [-0.39, 0.29) is 6.04 Å². The Labute approximate surface area is 119 Å². The van der Waals surface area contributed by atoms with Gasteiger partial charge in [-0.1, -0.05) is 33.6 Å². The predicted molar refractivity (Wildman–Crippen MR) is 80.7 cm³/mol. The van der Waals surface area contributed by atoms with Gasteiger partial charge < -0.3 is 5.32 Å². The number of rotatable bonds is 8. The van der Waals surface area contributed by atoms with Crippen molar-refractivity contribution in [2.45, 2.75) is 58.9 Å². The molecule has 0 saturated carbocycles. The van der Waals surface area contributed by atoms with Crippen LogP contribution in [0.5, 0.6) is 0 Å². The van der Waals surface area contributed by atoms with Gasteiger partial charge in [0.05, 0.1) is 5.75 Å². The van der Waals surface area contributed by atoms with Crippen LogP contribution in [0.4, 0.5) is 0 Å². The highest BCUT2D eigenvalue weighted by Gasteiger charge is 2.31. The molecule has 0 bridgehead atoms. The highest BCUT2D eigenvalue weighted by molar-refractivity contribution is 7.89. The van der Waals surface area contributed by atoms with Crippen LogP contribution in [-0.2, 0) is 10.0 Å². The first-order chi connectivity index (χ1) is 8.97. The first-order valence-corrected chi connectivity index (χ1v) is 9.28. The van der Waals surface area contributed by atoms with E-state index in [1.807, 2.05) is 6.92 Å². The fraction of sp³-hybridized carbons (Fsp3) is 1.00. The molecule has 1 N–H and O–H groups in total. The summed E-state index contributed by atoms with van der Waals surface area (Å²) in [7, 11) is -3.05. The smallest absolute Gasteiger partial charge is 0.214 e. The molecule has 0 radical (unpaired) electrons. The van der Waals surface area contributed by atoms with Crippen molar-refractivity contribution in [2.24, 2.45) is 5.92 Å². The van der Waals surface area contributed by atoms with Crippen LogP contribution in [0.3, 0.4) is 0 Å². The maximum atomic E-state index is 12.4. The number of hydrogen-bond acceptors (Lipinski definition) is 3. The second-order valence-corrected chi connectivity index (χ2v) is 8.02. The number of hydrogen-bond donors (Lipinski definition) is 1. The van der Waals surface area contributed by atoms with Crippen molar-refractivity contribution in [3.8, 4) is 0 Å². The van der Waals surface area contributed by atoms with E-state index in [0.29, 0.717) is 18.2 Å². The average molecular weight is 290 g/mol. The zero-order valence-corrected chi connectivity index (χ0v) is 13.5. The second kappa shape index (κ2) is 8.22. The minimum Gasteiger partial charge on any atom is -0.315 e. The molecule has 1 rings (SSSR count). The summed E-state index contributed by atoms with van der Waals surface area (Å²) < 4.78 is 26.5. The van der Waals surface area contributed by atoms with E-state index in [2.05, 4.69) is 19.2 Å². The SMILES string of the molecule is CCCCS(=O)(=O)N1CCCCC1CNCC(C)C. The van der Waals surface area contributed by atoms with Crippen molar-refractivity contribution in [3.05, 3.63) is 0 Å². The third-order valence-electron chi connectivity index (χ3n) is 3.62. The van der Waals surface area contributed by atoms with E-state index in [1.165, 1.54) is 0 Å². The summed E-state index contributed by atoms with van der Waals surface area (Å²) >= 11 is 0. The van der Waals surface area contributed by atoms with Crippen LogP contribution in [0.1, 0.15) is 52.9 Å². The van der Waals surface area contributed by atoms with Crippen LogP contribution >= 0.6 is 0 Å². The molecule has 1 fully saturated rings. The first-order valence-electron chi connectivity index (χ1n) is 7.67. The van der Waals surface area contributed by atoms with Gasteiger partial charge in [-0.3, -0.25) is 0 Å². The Morgan fingerprint density at radius 1 is 1.32 bits per heavy atom. The van der Waals surface area contributed by atoms with E-state index in [1.54, 1.807) is 4.31 Å². The lowest BCUT2D eigenvalue weighted by Crippen LogP contribution is -2.49. The highest BCUT2D eigenvalue weighted by atomic mass is 32.2. The largest absolute Gasteiger partial charge is 0.315 e. The standard InChI is InChI=1S/C14H30N2O2S/c1-4-5-10-19(17,18)16-9-7-6-8-14(16)12-15-11-13(2)3/h13-15H,4-12H2,1-3H3. The number of unbranched alkanes of at least 4 members (excludes halogenated alkanes) is 1. The Kier molecular flexibility index (Phi) is 7.32. The summed E-state index contributed by atoms with van der Waals surface area (Å²) in [5, 5.41) is 3.41. The van der Waals surface area contributed by atoms with Gasteiger partial charge in [0.25, 0.3) is 0 Å². The maximum absolute atomic E-state index is 12.4. The molecule has 5 heteroatoms. The second-order valence-electron chi connectivity index (χ2n) is 5.98. The number of nitrogens with zero attached hydrogens (tertiary/aromatic N) is 1. The Morgan fingerprint density at radius 3 is 2.68 bits per heavy atom. The third kappa shape index (κ3) is 5.79. The molecule has 0 aliphatic carbocycles. The number of piperidine rings is 1. The zero-order chi connectivity index (χ0) is 14.3. The molecule has 0 aromatic carbocycles. The van der Waals surface area contributed by atoms with E-state index in [4.69, 9.17) is 0 Å². The first kappa shape index (κ1) is 16.9. The molecule has 1 heterocycles. The minimum absolute atomic E-state index is 0.161. The van der Waals surface area contributed by atoms with Crippen LogP contribution in [0.15, 0.2) is 0 Å². The Bertz CT molecular complexity index is 341. The molecule has 1 aliphatic rings. The summed E-state index contributed by atoms with van der Waals surface area (Å²) in [6.07, 6.45) is 4.85. The molecular weight excluding hydrogens is 260 g/mol. The zero-order valence-electron chi connectivity index (χ0n) is 12.7. The molecule has 1 atom stereocenters. The molecule has 1 aliphatic heterocycles. The van der Waals surface area contributed by atoms with Gasteiger partial charge in [0.2, 0.25) is 10.0 Å². The molecule has 1 saturated heterocycles.